The molecule has 0 aromatic heterocycles. The lowest BCUT2D eigenvalue weighted by atomic mass is 13.0. The number of rotatable bonds is 0. The molecule has 0 atom stereocenters. The van der Waals surface area contributed by atoms with E-state index >= 15 is 0 Å². The average Bonchev–Trinajstić information content (AvgIpc) is 0.918. The summed E-state index contributed by atoms with van der Waals surface area (Å²) < 4.78 is 0. The van der Waals surface area contributed by atoms with E-state index in [2.05, 4.69) is 0 Å². The van der Waals surface area contributed by atoms with Gasteiger partial charge in [-0.05, 0) is 11.0 Å². The first-order valence-corrected chi connectivity index (χ1v) is 0.447. The van der Waals surface area contributed by atoms with E-state index in [-0.39, 0.29) is 11.0 Å². The van der Waals surface area contributed by atoms with Gasteiger partial charge in [0.1, 0.15) is 11.1 Å². The fourth-order valence-electron chi connectivity index (χ4n) is 0. The maximum atomic E-state index is 5.50. The lowest BCUT2D eigenvalue weighted by Crippen LogP contribution is -1.24. The minimum absolute atomic E-state index is 0. The van der Waals surface area contributed by atoms with Crippen LogP contribution in [-0.4, -0.2) is 11.0 Å². The normalized spacial score (nSPS) is 2.00. The number of nitrogens with zero attached hydrogens (tertiary/aromatic N) is 1. The predicted octanol–water partition coefficient (Wildman–Crippen LogP) is -1.34. The van der Waals surface area contributed by atoms with Crippen LogP contribution in [0.4, 0.5) is 0 Å². The van der Waals surface area contributed by atoms with Crippen LogP contribution in [0, 0.1) is 11.1 Å². The van der Waals surface area contributed by atoms with Gasteiger partial charge >= 0.3 is 0 Å². The maximum Gasteiger partial charge on any atom is 0.211 e. The zero-order valence-electron chi connectivity index (χ0n) is 1.45. The Bertz CT molecular complexity index is 24.3. The fourth-order valence-corrected chi connectivity index (χ4v) is 0. The van der Waals surface area contributed by atoms with Crippen LogP contribution in [0.5, 0.6) is 0 Å². The molecule has 0 fully saturated rings. The molecule has 2 N–H and O–H groups in total. The van der Waals surface area contributed by atoms with Crippen molar-refractivity contribution in [2.24, 2.45) is 0 Å². The Labute approximate surface area is 28.1 Å². The van der Waals surface area contributed by atoms with Crippen molar-refractivity contribution in [3.05, 3.63) is 0 Å². The minimum Gasteiger partial charge on any atom is -0.0149 e. The van der Waals surface area contributed by atoms with E-state index in [0.717, 1.165) is 0 Å². The molecule has 3 nitrogen and oxygen atoms in total. The van der Waals surface area contributed by atoms with Gasteiger partial charge < -0.3 is 0 Å². The summed E-state index contributed by atoms with van der Waals surface area (Å²) in [6.07, 6.45) is 0. The highest BCUT2D eigenvalue weighted by molar-refractivity contribution is 5.75. The summed E-state index contributed by atoms with van der Waals surface area (Å²) in [7, 11) is 0. The lowest BCUT2D eigenvalue weighted by Gasteiger charge is -0.844. The van der Waals surface area contributed by atoms with Gasteiger partial charge in [-0.15, -0.1) is 0 Å². The molecule has 0 aliphatic carbocycles. The summed E-state index contributed by atoms with van der Waals surface area (Å²) in [6, 6.07) is 0. The molecule has 0 rings (SSSR count). The van der Waals surface area contributed by atoms with Crippen LogP contribution in [0.15, 0.2) is 0 Å². The molecular formula is H6N3Si+. The molecule has 4 heavy (non-hydrogen) atoms. The van der Waals surface area contributed by atoms with Gasteiger partial charge in [-0.2, -0.15) is 0 Å². The third kappa shape index (κ3) is 1.89. The van der Waals surface area contributed by atoms with E-state index in [1.54, 1.807) is 0 Å². The summed E-state index contributed by atoms with van der Waals surface area (Å²) in [6.45, 7) is 0. The summed E-state index contributed by atoms with van der Waals surface area (Å²) in [4.78, 5) is 2.00. The van der Waals surface area contributed by atoms with Crippen LogP contribution in [0.3, 0.4) is 0 Å². The molecular weight excluding hydrogens is 70.1 g/mol. The highest BCUT2D eigenvalue weighted by atomic mass is 28.1. The quantitative estimate of drug-likeness (QED) is 0.204. The second kappa shape index (κ2) is 21.2. The Balaban J connectivity index is 0. The molecule has 0 saturated heterocycles. The maximum absolute atomic E-state index is 5.50. The number of nitrogens with one attached hydrogen (secondary N) is 2. The smallest absolute Gasteiger partial charge is 0.0149 e. The van der Waals surface area contributed by atoms with Gasteiger partial charge in [0.05, 0.1) is 0 Å². The molecule has 0 aromatic rings. The van der Waals surface area contributed by atoms with E-state index in [0.29, 0.717) is 0 Å². The van der Waals surface area contributed by atoms with E-state index in [1.165, 1.54) is 0 Å². The van der Waals surface area contributed by atoms with Crippen LogP contribution in [0.1, 0.15) is 0 Å². The third-order valence-corrected chi connectivity index (χ3v) is 0. The number of hydrogen-bond donors (Lipinski definition) is 2. The van der Waals surface area contributed by atoms with Crippen molar-refractivity contribution in [3.8, 4) is 0 Å². The van der Waals surface area contributed by atoms with Crippen LogP contribution in [-0.2, 0) is 0 Å². The molecule has 0 unspecified atom stereocenters. The van der Waals surface area contributed by atoms with Crippen molar-refractivity contribution < 1.29 is 0 Å². The molecule has 0 aliphatic heterocycles. The first kappa shape index (κ1) is 9.66. The first-order chi connectivity index (χ1) is 1.41. The Morgan fingerprint density at radius 1 is 1.25 bits per heavy atom. The fraction of sp³-hybridized carbons (Fsp3) is 0. The van der Waals surface area contributed by atoms with E-state index in [9.17, 15) is 0 Å². The highest BCUT2D eigenvalue weighted by Gasteiger charge is 1.16. The van der Waals surface area contributed by atoms with Crippen molar-refractivity contribution in [2.75, 3.05) is 0 Å². The van der Waals surface area contributed by atoms with E-state index in [4.69, 9.17) is 11.1 Å². The summed E-state index contributed by atoms with van der Waals surface area (Å²) in [5.41, 5.74) is 11.0. The lowest BCUT2D eigenvalue weighted by molar-refractivity contribution is 0.928. The Kier molecular flexibility index (Phi) is 51.2. The van der Waals surface area contributed by atoms with Gasteiger partial charge in [-0.3, -0.25) is 0 Å². The van der Waals surface area contributed by atoms with E-state index < -0.39 is 0 Å². The molecule has 0 heterocycles. The first-order valence-electron chi connectivity index (χ1n) is 0.447. The summed E-state index contributed by atoms with van der Waals surface area (Å²) in [5, 5.41) is 0. The number of hydrogen-bond acceptors (Lipinski definition) is 2. The van der Waals surface area contributed by atoms with E-state index in [1.807, 2.05) is 4.91 Å². The van der Waals surface area contributed by atoms with Crippen LogP contribution >= 0.6 is 0 Å². The Hall–Kier alpha value is -0.473. The monoisotopic (exact) mass is 76.0 g/mol. The second-order valence-corrected chi connectivity index (χ2v) is 0.112. The van der Waals surface area contributed by atoms with Gasteiger partial charge in [0, 0.05) is 0 Å². The molecule has 0 bridgehead atoms. The molecule has 0 aromatic carbocycles. The largest absolute Gasteiger partial charge is 0.211 e. The average molecular weight is 76.2 g/mol. The molecule has 0 saturated carbocycles. The van der Waals surface area contributed by atoms with Crippen LogP contribution in [0.2, 0.25) is 0 Å². The Morgan fingerprint density at radius 2 is 1.25 bits per heavy atom. The van der Waals surface area contributed by atoms with Gasteiger partial charge in [0.15, 0.2) is 0 Å². The highest BCUT2D eigenvalue weighted by Crippen LogP contribution is 0.841. The van der Waals surface area contributed by atoms with Crippen molar-refractivity contribution in [2.45, 2.75) is 0 Å². The zero-order valence-corrected chi connectivity index (χ0v) is 1.45. The molecule has 0 spiro atoms. The zero-order chi connectivity index (χ0) is 2.71. The summed E-state index contributed by atoms with van der Waals surface area (Å²) >= 11 is 0. The molecule has 0 amide bonds. The van der Waals surface area contributed by atoms with Gasteiger partial charge in [-0.1, -0.05) is 0 Å². The van der Waals surface area contributed by atoms with Gasteiger partial charge in [0.25, 0.3) is 0 Å². The van der Waals surface area contributed by atoms with Crippen LogP contribution in [0.25, 0.3) is 0 Å². The molecule has 24 valence electrons. The Morgan fingerprint density at radius 3 is 1.25 bits per heavy atom. The standard InChI is InChI=1S/H2N3.H4Si/c1-3-2;/h1-2H;1H4/q+1;. The second-order valence-electron chi connectivity index (χ2n) is 0.112. The topological polar surface area (TPSA) is 61.8 Å². The summed E-state index contributed by atoms with van der Waals surface area (Å²) in [5.74, 6) is 0. The van der Waals surface area contributed by atoms with Crippen molar-refractivity contribution in [3.63, 3.8) is 0 Å². The molecule has 0 radical (unpaired) electrons. The van der Waals surface area contributed by atoms with Gasteiger partial charge in [-0.25, -0.2) is 0 Å². The minimum atomic E-state index is 0. The van der Waals surface area contributed by atoms with Crippen molar-refractivity contribution in [1.29, 1.82) is 11.1 Å². The molecule has 0 aliphatic rings. The van der Waals surface area contributed by atoms with Crippen molar-refractivity contribution in [1.82, 2.24) is 4.91 Å². The van der Waals surface area contributed by atoms with Crippen molar-refractivity contribution >= 4 is 11.0 Å². The third-order valence-electron chi connectivity index (χ3n) is 0. The van der Waals surface area contributed by atoms with Gasteiger partial charge in [0.2, 0.25) is 4.91 Å². The predicted molar refractivity (Wildman–Crippen MR) is 18.9 cm³/mol. The molecule has 4 heteroatoms. The SMILES string of the molecule is N=[N+]=N.[SiH4]. The van der Waals surface area contributed by atoms with Crippen LogP contribution < -0.4 is 4.91 Å².